The number of phenols is 4. The van der Waals surface area contributed by atoms with Crippen molar-refractivity contribution in [2.45, 2.75) is 32.1 Å². The Bertz CT molecular complexity index is 1010. The molecule has 0 bridgehead atoms. The smallest absolute Gasteiger partial charge is 0.115 e. The first kappa shape index (κ1) is 23.7. The molecule has 0 aliphatic rings. The van der Waals surface area contributed by atoms with Crippen LogP contribution in [0.1, 0.15) is 43.2 Å². The summed E-state index contributed by atoms with van der Waals surface area (Å²) in [6.45, 7) is 2.19. The Morgan fingerprint density at radius 3 is 1.09 bits per heavy atom. The van der Waals surface area contributed by atoms with Crippen LogP contribution in [0.15, 0.2) is 97.1 Å². The maximum atomic E-state index is 9.39. The van der Waals surface area contributed by atoms with Crippen LogP contribution in [0.2, 0.25) is 0 Å². The van der Waals surface area contributed by atoms with E-state index in [1.807, 2.05) is 48.5 Å². The highest BCUT2D eigenvalue weighted by Crippen LogP contribution is 2.31. The number of aromatic hydroxyl groups is 4. The SMILES string of the molecule is CCCCC(c1ccc(O)cc1)c1ccc(O)cc1.Oc1ccc(-c2ccc(O)cc2)cc1. The van der Waals surface area contributed by atoms with Gasteiger partial charge in [0.15, 0.2) is 0 Å². The lowest BCUT2D eigenvalue weighted by Crippen LogP contribution is -2.01. The summed E-state index contributed by atoms with van der Waals surface area (Å²) in [6, 6.07) is 28.7. The van der Waals surface area contributed by atoms with Crippen molar-refractivity contribution in [2.24, 2.45) is 0 Å². The minimum atomic E-state index is 0.257. The van der Waals surface area contributed by atoms with Gasteiger partial charge in [0, 0.05) is 5.92 Å². The molecule has 0 aromatic heterocycles. The van der Waals surface area contributed by atoms with Crippen LogP contribution in [0.5, 0.6) is 23.0 Å². The van der Waals surface area contributed by atoms with E-state index in [0.717, 1.165) is 30.4 Å². The van der Waals surface area contributed by atoms with E-state index >= 15 is 0 Å². The molecule has 4 rings (SSSR count). The molecule has 0 saturated heterocycles. The predicted octanol–water partition coefficient (Wildman–Crippen LogP) is 7.18. The first-order chi connectivity index (χ1) is 16.0. The highest BCUT2D eigenvalue weighted by Gasteiger charge is 2.13. The molecule has 0 radical (unpaired) electrons. The predicted molar refractivity (Wildman–Crippen MR) is 133 cm³/mol. The number of phenolic OH excluding ortho intramolecular Hbond substituents is 4. The normalized spacial score (nSPS) is 10.5. The zero-order valence-electron chi connectivity index (χ0n) is 18.7. The third-order valence-electron chi connectivity index (χ3n) is 5.51. The molecule has 4 aromatic carbocycles. The van der Waals surface area contributed by atoms with Gasteiger partial charge in [-0.25, -0.2) is 0 Å². The van der Waals surface area contributed by atoms with E-state index in [2.05, 4.69) is 6.92 Å². The third kappa shape index (κ3) is 7.04. The van der Waals surface area contributed by atoms with Gasteiger partial charge in [0.25, 0.3) is 0 Å². The molecule has 0 aliphatic heterocycles. The minimum absolute atomic E-state index is 0.257. The van der Waals surface area contributed by atoms with Crippen molar-refractivity contribution < 1.29 is 20.4 Å². The van der Waals surface area contributed by atoms with E-state index < -0.39 is 0 Å². The van der Waals surface area contributed by atoms with Gasteiger partial charge in [0.05, 0.1) is 0 Å². The number of hydrogen-bond acceptors (Lipinski definition) is 4. The first-order valence-corrected chi connectivity index (χ1v) is 11.1. The van der Waals surface area contributed by atoms with Gasteiger partial charge < -0.3 is 20.4 Å². The fraction of sp³-hybridized carbons (Fsp3) is 0.172. The van der Waals surface area contributed by atoms with Gasteiger partial charge in [-0.3, -0.25) is 0 Å². The lowest BCUT2D eigenvalue weighted by Gasteiger charge is -2.18. The monoisotopic (exact) mass is 442 g/mol. The summed E-state index contributed by atoms with van der Waals surface area (Å²) < 4.78 is 0. The second kappa shape index (κ2) is 11.6. The molecule has 0 spiro atoms. The quantitative estimate of drug-likeness (QED) is 0.255. The van der Waals surface area contributed by atoms with Crippen LogP contribution in [0.25, 0.3) is 11.1 Å². The van der Waals surface area contributed by atoms with Crippen LogP contribution in [0.4, 0.5) is 0 Å². The molecule has 0 aliphatic carbocycles. The zero-order chi connectivity index (χ0) is 23.6. The van der Waals surface area contributed by atoms with E-state index in [9.17, 15) is 10.2 Å². The van der Waals surface area contributed by atoms with E-state index in [0.29, 0.717) is 17.4 Å². The maximum absolute atomic E-state index is 9.39. The molecular weight excluding hydrogens is 412 g/mol. The molecule has 0 saturated carbocycles. The molecule has 4 aromatic rings. The van der Waals surface area contributed by atoms with E-state index in [1.54, 1.807) is 48.5 Å². The zero-order valence-corrected chi connectivity index (χ0v) is 18.7. The van der Waals surface area contributed by atoms with Crippen LogP contribution in [-0.4, -0.2) is 20.4 Å². The van der Waals surface area contributed by atoms with Crippen LogP contribution < -0.4 is 0 Å². The Hall–Kier alpha value is -3.92. The molecule has 33 heavy (non-hydrogen) atoms. The Kier molecular flexibility index (Phi) is 8.36. The Labute approximate surface area is 195 Å². The number of rotatable bonds is 6. The fourth-order valence-corrected chi connectivity index (χ4v) is 3.66. The van der Waals surface area contributed by atoms with Gasteiger partial charge in [-0.05, 0) is 77.2 Å². The summed E-state index contributed by atoms with van der Waals surface area (Å²) in [5, 5.41) is 37.0. The van der Waals surface area contributed by atoms with Gasteiger partial charge >= 0.3 is 0 Å². The van der Waals surface area contributed by atoms with Crippen molar-refractivity contribution in [2.75, 3.05) is 0 Å². The van der Waals surface area contributed by atoms with Crippen LogP contribution in [0.3, 0.4) is 0 Å². The van der Waals surface area contributed by atoms with Gasteiger partial charge in [-0.2, -0.15) is 0 Å². The molecule has 4 heteroatoms. The molecule has 0 amide bonds. The molecule has 4 nitrogen and oxygen atoms in total. The summed E-state index contributed by atoms with van der Waals surface area (Å²) in [5.41, 5.74) is 4.44. The number of benzene rings is 4. The molecule has 170 valence electrons. The van der Waals surface area contributed by atoms with Crippen LogP contribution in [0, 0.1) is 0 Å². The van der Waals surface area contributed by atoms with E-state index in [4.69, 9.17) is 10.2 Å². The summed E-state index contributed by atoms with van der Waals surface area (Å²) >= 11 is 0. The lowest BCUT2D eigenvalue weighted by molar-refractivity contribution is 0.474. The second-order valence-corrected chi connectivity index (χ2v) is 7.97. The van der Waals surface area contributed by atoms with Crippen LogP contribution >= 0.6 is 0 Å². The summed E-state index contributed by atoms with van der Waals surface area (Å²) in [5.74, 6) is 1.42. The molecule has 4 N–H and O–H groups in total. The molecule has 0 unspecified atom stereocenters. The topological polar surface area (TPSA) is 80.9 Å². The summed E-state index contributed by atoms with van der Waals surface area (Å²) in [4.78, 5) is 0. The Morgan fingerprint density at radius 1 is 0.485 bits per heavy atom. The van der Waals surface area contributed by atoms with Crippen molar-refractivity contribution in [3.8, 4) is 34.1 Å². The fourth-order valence-electron chi connectivity index (χ4n) is 3.66. The Balaban J connectivity index is 0.000000194. The van der Waals surface area contributed by atoms with E-state index in [-0.39, 0.29) is 11.5 Å². The maximum Gasteiger partial charge on any atom is 0.115 e. The molecular formula is C29H30O4. The lowest BCUT2D eigenvalue weighted by atomic mass is 9.87. The van der Waals surface area contributed by atoms with Crippen molar-refractivity contribution in [1.29, 1.82) is 0 Å². The van der Waals surface area contributed by atoms with E-state index in [1.165, 1.54) is 11.1 Å². The van der Waals surface area contributed by atoms with Gasteiger partial charge in [-0.15, -0.1) is 0 Å². The van der Waals surface area contributed by atoms with Gasteiger partial charge in [0.1, 0.15) is 23.0 Å². The van der Waals surface area contributed by atoms with Gasteiger partial charge in [0.2, 0.25) is 0 Å². The Morgan fingerprint density at radius 2 is 0.788 bits per heavy atom. The largest absolute Gasteiger partial charge is 0.508 e. The second-order valence-electron chi connectivity index (χ2n) is 7.97. The average molecular weight is 443 g/mol. The van der Waals surface area contributed by atoms with Crippen molar-refractivity contribution in [1.82, 2.24) is 0 Å². The summed E-state index contributed by atoms with van der Waals surface area (Å²) in [6.07, 6.45) is 3.39. The number of hydrogen-bond donors (Lipinski definition) is 4. The van der Waals surface area contributed by atoms with Crippen LogP contribution in [-0.2, 0) is 0 Å². The van der Waals surface area contributed by atoms with Gasteiger partial charge in [-0.1, -0.05) is 68.3 Å². The number of unbranched alkanes of at least 4 members (excludes halogenated alkanes) is 1. The molecule has 0 fully saturated rings. The van der Waals surface area contributed by atoms with Crippen molar-refractivity contribution in [3.05, 3.63) is 108 Å². The minimum Gasteiger partial charge on any atom is -0.508 e. The van der Waals surface area contributed by atoms with Crippen molar-refractivity contribution in [3.63, 3.8) is 0 Å². The molecule has 0 heterocycles. The molecule has 0 atom stereocenters. The highest BCUT2D eigenvalue weighted by molar-refractivity contribution is 5.64. The third-order valence-corrected chi connectivity index (χ3v) is 5.51. The highest BCUT2D eigenvalue weighted by atomic mass is 16.3. The average Bonchev–Trinajstić information content (AvgIpc) is 2.83. The standard InChI is InChI=1S/C17H20O2.C12H10O2/c1-2-3-4-17(13-5-9-15(18)10-6-13)14-7-11-16(19)12-8-14;13-11-5-1-9(2-6-11)10-3-7-12(14)8-4-10/h5-12,17-19H,2-4H2,1H3;1-8,13-14H. The first-order valence-electron chi connectivity index (χ1n) is 11.1. The van der Waals surface area contributed by atoms with Crippen molar-refractivity contribution >= 4 is 0 Å². The summed E-state index contributed by atoms with van der Waals surface area (Å²) in [7, 11) is 0.